The molecule has 0 radical (unpaired) electrons. The zero-order valence-electron chi connectivity index (χ0n) is 16.7. The highest BCUT2D eigenvalue weighted by atomic mass is 19.4. The number of aryl methyl sites for hydroxylation is 1. The van der Waals surface area contributed by atoms with Gasteiger partial charge in [-0.25, -0.2) is 0 Å². The summed E-state index contributed by atoms with van der Waals surface area (Å²) in [5, 5.41) is 19.0. The van der Waals surface area contributed by atoms with Crippen molar-refractivity contribution in [3.63, 3.8) is 0 Å². The molecule has 0 fully saturated rings. The van der Waals surface area contributed by atoms with Crippen molar-refractivity contribution in [2.75, 3.05) is 0 Å². The molecule has 0 saturated heterocycles. The summed E-state index contributed by atoms with van der Waals surface area (Å²) >= 11 is 0. The van der Waals surface area contributed by atoms with Gasteiger partial charge in [0, 0.05) is 12.0 Å². The van der Waals surface area contributed by atoms with E-state index in [1.807, 2.05) is 12.1 Å². The van der Waals surface area contributed by atoms with Gasteiger partial charge in [0.05, 0.1) is 18.0 Å². The van der Waals surface area contributed by atoms with E-state index in [2.05, 4.69) is 5.32 Å². The molecule has 1 amide bonds. The van der Waals surface area contributed by atoms with E-state index in [0.717, 1.165) is 17.7 Å². The fraction of sp³-hybridized carbons (Fsp3) is 0.318. The third kappa shape index (κ3) is 7.76. The van der Waals surface area contributed by atoms with Crippen molar-refractivity contribution in [1.29, 1.82) is 5.41 Å². The number of carbonyl (C=O) groups excluding carboxylic acids is 1. The zero-order valence-corrected chi connectivity index (χ0v) is 16.7. The minimum absolute atomic E-state index is 0.0140. The van der Waals surface area contributed by atoms with Gasteiger partial charge in [0.15, 0.2) is 0 Å². The van der Waals surface area contributed by atoms with Crippen molar-refractivity contribution >= 4 is 17.7 Å². The lowest BCUT2D eigenvalue weighted by molar-refractivity contribution is -0.138. The Hall–Kier alpha value is -3.36. The molecule has 0 spiro atoms. The van der Waals surface area contributed by atoms with Gasteiger partial charge >= 0.3 is 12.1 Å². The molecule has 0 heterocycles. The third-order valence-electron chi connectivity index (χ3n) is 4.71. The van der Waals surface area contributed by atoms with Crippen molar-refractivity contribution in [1.82, 2.24) is 5.32 Å². The molecule has 0 aliphatic rings. The summed E-state index contributed by atoms with van der Waals surface area (Å²) in [5.41, 5.74) is 6.26. The third-order valence-corrected chi connectivity index (χ3v) is 4.71. The van der Waals surface area contributed by atoms with Crippen LogP contribution in [-0.2, 0) is 22.2 Å². The Morgan fingerprint density at radius 2 is 1.77 bits per heavy atom. The molecule has 6 nitrogen and oxygen atoms in total. The summed E-state index contributed by atoms with van der Waals surface area (Å²) in [5.74, 6) is -1.66. The van der Waals surface area contributed by atoms with Crippen LogP contribution < -0.4 is 11.1 Å². The number of hydrogen-bond acceptors (Lipinski definition) is 3. The quantitative estimate of drug-likeness (QED) is 0.256. The lowest BCUT2D eigenvalue weighted by Gasteiger charge is -2.19. The van der Waals surface area contributed by atoms with Gasteiger partial charge in [-0.3, -0.25) is 15.0 Å². The summed E-state index contributed by atoms with van der Waals surface area (Å²) in [4.78, 5) is 23.4. The number of amidine groups is 1. The van der Waals surface area contributed by atoms with Crippen LogP contribution in [0.4, 0.5) is 13.2 Å². The fourth-order valence-electron chi connectivity index (χ4n) is 3.09. The predicted molar refractivity (Wildman–Crippen MR) is 110 cm³/mol. The molecule has 0 saturated carbocycles. The molecule has 0 aliphatic heterocycles. The molecule has 2 aromatic carbocycles. The molecular weight excluding hydrogens is 411 g/mol. The van der Waals surface area contributed by atoms with Gasteiger partial charge in [-0.2, -0.15) is 13.2 Å². The number of carbonyl (C=O) groups is 2. The summed E-state index contributed by atoms with van der Waals surface area (Å²) in [7, 11) is 0. The number of nitrogen functional groups attached to an aromatic ring is 1. The first-order valence-electron chi connectivity index (χ1n) is 9.68. The van der Waals surface area contributed by atoms with Gasteiger partial charge in [-0.15, -0.1) is 0 Å². The van der Waals surface area contributed by atoms with E-state index in [1.165, 1.54) is 12.1 Å². The molecule has 2 rings (SSSR count). The number of hydrogen-bond donors (Lipinski definition) is 4. The van der Waals surface area contributed by atoms with Crippen LogP contribution in [0.2, 0.25) is 0 Å². The first-order valence-corrected chi connectivity index (χ1v) is 9.68. The van der Waals surface area contributed by atoms with Crippen LogP contribution in [0.15, 0.2) is 48.5 Å². The van der Waals surface area contributed by atoms with Gasteiger partial charge in [-0.05, 0) is 42.5 Å². The Balaban J connectivity index is 1.91. The van der Waals surface area contributed by atoms with E-state index in [-0.39, 0.29) is 17.8 Å². The fourth-order valence-corrected chi connectivity index (χ4v) is 3.09. The number of nitrogens with one attached hydrogen (secondary N) is 2. The topological polar surface area (TPSA) is 116 Å². The Labute approximate surface area is 177 Å². The number of amides is 1. The van der Waals surface area contributed by atoms with Crippen LogP contribution in [0.3, 0.4) is 0 Å². The molecule has 1 unspecified atom stereocenters. The standard InChI is InChI=1S/C22H24F3N3O3/c23-22(24,25)17-6-3-5-16(12-17)18(13-20(30)31)28-19(29)7-2-1-4-14-8-10-15(11-9-14)21(26)27/h3,5-6,8-12,18H,1-2,4,7,13H2,(H3,26,27)(H,28,29)(H,30,31). The maximum absolute atomic E-state index is 12.9. The second-order valence-corrected chi connectivity index (χ2v) is 7.16. The maximum Gasteiger partial charge on any atom is 0.416 e. The van der Waals surface area contributed by atoms with Crippen LogP contribution in [0, 0.1) is 5.41 Å². The number of alkyl halides is 3. The van der Waals surface area contributed by atoms with E-state index in [9.17, 15) is 22.8 Å². The van der Waals surface area contributed by atoms with Gasteiger partial charge < -0.3 is 16.2 Å². The minimum atomic E-state index is -4.56. The van der Waals surface area contributed by atoms with Gasteiger partial charge in [0.2, 0.25) is 5.91 Å². The second-order valence-electron chi connectivity index (χ2n) is 7.16. The van der Waals surface area contributed by atoms with Crippen LogP contribution >= 0.6 is 0 Å². The lowest BCUT2D eigenvalue weighted by atomic mass is 10.0. The van der Waals surface area contributed by atoms with Crippen molar-refractivity contribution in [2.24, 2.45) is 5.73 Å². The van der Waals surface area contributed by atoms with Crippen molar-refractivity contribution in [2.45, 2.75) is 44.3 Å². The number of nitrogens with two attached hydrogens (primary N) is 1. The Morgan fingerprint density at radius 3 is 2.35 bits per heavy atom. The average Bonchev–Trinajstić information content (AvgIpc) is 2.70. The summed E-state index contributed by atoms with van der Waals surface area (Å²) in [6, 6.07) is 10.5. The SMILES string of the molecule is N=C(N)c1ccc(CCCCC(=O)NC(CC(=O)O)c2cccc(C(F)(F)F)c2)cc1. The number of halogens is 3. The van der Waals surface area contributed by atoms with Crippen molar-refractivity contribution in [3.8, 4) is 0 Å². The Kier molecular flexibility index (Phi) is 8.18. The molecule has 9 heteroatoms. The molecule has 5 N–H and O–H groups in total. The smallest absolute Gasteiger partial charge is 0.416 e. The molecule has 31 heavy (non-hydrogen) atoms. The summed E-state index contributed by atoms with van der Waals surface area (Å²) < 4.78 is 38.8. The highest BCUT2D eigenvalue weighted by Gasteiger charge is 2.31. The first kappa shape index (κ1) is 23.9. The van der Waals surface area contributed by atoms with Crippen LogP contribution in [-0.4, -0.2) is 22.8 Å². The Bertz CT molecular complexity index is 928. The molecule has 2 aromatic rings. The number of carboxylic acids is 1. The van der Waals surface area contributed by atoms with Gasteiger partial charge in [-0.1, -0.05) is 36.4 Å². The van der Waals surface area contributed by atoms with E-state index >= 15 is 0 Å². The van der Waals surface area contributed by atoms with E-state index < -0.39 is 36.1 Å². The summed E-state index contributed by atoms with van der Waals surface area (Å²) in [6.07, 6.45) is -3.02. The molecule has 0 bridgehead atoms. The first-order chi connectivity index (χ1) is 14.6. The molecule has 166 valence electrons. The van der Waals surface area contributed by atoms with Crippen LogP contribution in [0.1, 0.15) is 54.0 Å². The second kappa shape index (κ2) is 10.6. The van der Waals surface area contributed by atoms with Gasteiger partial charge in [0.1, 0.15) is 5.84 Å². The zero-order chi connectivity index (χ0) is 23.0. The predicted octanol–water partition coefficient (Wildman–Crippen LogP) is 4.03. The van der Waals surface area contributed by atoms with Crippen molar-refractivity contribution < 1.29 is 27.9 Å². The van der Waals surface area contributed by atoms with E-state index in [4.69, 9.17) is 16.2 Å². The molecule has 1 atom stereocenters. The largest absolute Gasteiger partial charge is 0.481 e. The highest BCUT2D eigenvalue weighted by molar-refractivity contribution is 5.94. The summed E-state index contributed by atoms with van der Waals surface area (Å²) in [6.45, 7) is 0. The lowest BCUT2D eigenvalue weighted by Crippen LogP contribution is -2.30. The Morgan fingerprint density at radius 1 is 1.10 bits per heavy atom. The van der Waals surface area contributed by atoms with Crippen LogP contribution in [0.5, 0.6) is 0 Å². The maximum atomic E-state index is 12.9. The number of aliphatic carboxylic acids is 1. The minimum Gasteiger partial charge on any atom is -0.481 e. The van der Waals surface area contributed by atoms with Crippen LogP contribution in [0.25, 0.3) is 0 Å². The number of carboxylic acid groups (broad SMARTS) is 1. The average molecular weight is 435 g/mol. The number of unbranched alkanes of at least 4 members (excludes halogenated alkanes) is 1. The van der Waals surface area contributed by atoms with Crippen molar-refractivity contribution in [3.05, 3.63) is 70.8 Å². The monoisotopic (exact) mass is 435 g/mol. The number of rotatable bonds is 10. The van der Waals surface area contributed by atoms with E-state index in [0.29, 0.717) is 24.8 Å². The highest BCUT2D eigenvalue weighted by Crippen LogP contribution is 2.31. The number of benzene rings is 2. The van der Waals surface area contributed by atoms with Gasteiger partial charge in [0.25, 0.3) is 0 Å². The normalized spacial score (nSPS) is 12.2. The molecule has 0 aromatic heterocycles. The molecular formula is C22H24F3N3O3. The molecule has 0 aliphatic carbocycles. The van der Waals surface area contributed by atoms with E-state index in [1.54, 1.807) is 12.1 Å².